The van der Waals surface area contributed by atoms with E-state index in [-0.39, 0.29) is 6.10 Å². The molecule has 0 saturated heterocycles. The van der Waals surface area contributed by atoms with Gasteiger partial charge in [0.1, 0.15) is 0 Å². The van der Waals surface area contributed by atoms with Gasteiger partial charge in [-0.1, -0.05) is 26.2 Å². The summed E-state index contributed by atoms with van der Waals surface area (Å²) in [4.78, 5) is 0. The fourth-order valence-corrected chi connectivity index (χ4v) is 0.708. The van der Waals surface area contributed by atoms with Crippen LogP contribution in [0.3, 0.4) is 0 Å². The molecule has 0 aromatic heterocycles. The van der Waals surface area contributed by atoms with E-state index < -0.39 is 0 Å². The van der Waals surface area contributed by atoms with E-state index in [4.69, 9.17) is 5.11 Å². The second-order valence-electron chi connectivity index (χ2n) is 2.52. The van der Waals surface area contributed by atoms with Crippen molar-refractivity contribution in [3.8, 4) is 0 Å². The second-order valence-corrected chi connectivity index (χ2v) is 2.52. The van der Waals surface area contributed by atoms with Crippen LogP contribution in [0.4, 0.5) is 0 Å². The Morgan fingerprint density at radius 2 is 2.22 bits per heavy atom. The van der Waals surface area contributed by atoms with Gasteiger partial charge in [0.05, 0.1) is 6.10 Å². The molecule has 0 aromatic rings. The zero-order chi connectivity index (χ0) is 7.11. The van der Waals surface area contributed by atoms with Crippen LogP contribution in [0, 0.1) is 6.42 Å². The van der Waals surface area contributed by atoms with Crippen LogP contribution >= 0.6 is 0 Å². The van der Waals surface area contributed by atoms with Crippen molar-refractivity contribution in [2.75, 3.05) is 0 Å². The molecule has 0 aromatic carbocycles. The maximum Gasteiger partial charge on any atom is 0.0514 e. The molecule has 0 rings (SSSR count). The Hall–Kier alpha value is -0.0400. The Balaban J connectivity index is 2.75. The highest BCUT2D eigenvalue weighted by Crippen LogP contribution is 2.02. The van der Waals surface area contributed by atoms with Gasteiger partial charge in [-0.25, -0.2) is 0 Å². The van der Waals surface area contributed by atoms with Crippen molar-refractivity contribution in [3.05, 3.63) is 6.42 Å². The summed E-state index contributed by atoms with van der Waals surface area (Å²) in [6.45, 7) is 4.00. The Kier molecular flexibility index (Phi) is 6.06. The summed E-state index contributed by atoms with van der Waals surface area (Å²) < 4.78 is 0. The number of rotatable bonds is 5. The Bertz CT molecular complexity index is 50.5. The topological polar surface area (TPSA) is 20.2 Å². The molecule has 1 radical (unpaired) electrons. The Labute approximate surface area is 58.1 Å². The standard InChI is InChI=1S/C8H17O/c1-3-4-5-6-7-8(2)9/h6,8-9H,3-5,7H2,1-2H3. The van der Waals surface area contributed by atoms with Crippen LogP contribution in [0.1, 0.15) is 39.5 Å². The molecule has 1 atom stereocenters. The molecule has 0 aliphatic carbocycles. The van der Waals surface area contributed by atoms with Gasteiger partial charge in [0.15, 0.2) is 0 Å². The van der Waals surface area contributed by atoms with Gasteiger partial charge in [0.25, 0.3) is 0 Å². The first kappa shape index (κ1) is 8.96. The van der Waals surface area contributed by atoms with Crippen molar-refractivity contribution < 1.29 is 5.11 Å². The van der Waals surface area contributed by atoms with Crippen LogP contribution in [0.25, 0.3) is 0 Å². The molecule has 1 unspecified atom stereocenters. The highest BCUT2D eigenvalue weighted by atomic mass is 16.3. The maximum atomic E-state index is 8.82. The molecule has 0 spiro atoms. The van der Waals surface area contributed by atoms with Crippen molar-refractivity contribution in [1.29, 1.82) is 0 Å². The third kappa shape index (κ3) is 7.96. The SMILES string of the molecule is CCCC[CH]CC(C)O. The Morgan fingerprint density at radius 1 is 1.56 bits per heavy atom. The zero-order valence-electron chi connectivity index (χ0n) is 6.43. The smallest absolute Gasteiger partial charge is 0.0514 e. The predicted octanol–water partition coefficient (Wildman–Crippen LogP) is 2.15. The van der Waals surface area contributed by atoms with Crippen LogP contribution in [0.2, 0.25) is 0 Å². The van der Waals surface area contributed by atoms with Crippen molar-refractivity contribution in [2.45, 2.75) is 45.6 Å². The number of aliphatic hydroxyl groups is 1. The van der Waals surface area contributed by atoms with Gasteiger partial charge in [-0.15, -0.1) is 0 Å². The molecule has 0 aliphatic rings. The number of aliphatic hydroxyl groups excluding tert-OH is 1. The van der Waals surface area contributed by atoms with E-state index in [2.05, 4.69) is 13.3 Å². The van der Waals surface area contributed by atoms with Gasteiger partial charge in [0, 0.05) is 0 Å². The lowest BCUT2D eigenvalue weighted by Gasteiger charge is -2.00. The van der Waals surface area contributed by atoms with Gasteiger partial charge in [0.2, 0.25) is 0 Å². The summed E-state index contributed by atoms with van der Waals surface area (Å²) in [5.41, 5.74) is 0. The summed E-state index contributed by atoms with van der Waals surface area (Å²) >= 11 is 0. The second kappa shape index (κ2) is 6.09. The quantitative estimate of drug-likeness (QED) is 0.564. The zero-order valence-corrected chi connectivity index (χ0v) is 6.43. The monoisotopic (exact) mass is 129 g/mol. The molecule has 55 valence electrons. The van der Waals surface area contributed by atoms with Gasteiger partial charge < -0.3 is 5.11 Å². The first-order valence-electron chi connectivity index (χ1n) is 3.77. The average Bonchev–Trinajstić information content (AvgIpc) is 1.80. The summed E-state index contributed by atoms with van der Waals surface area (Å²) in [7, 11) is 0. The molecule has 1 N–H and O–H groups in total. The van der Waals surface area contributed by atoms with E-state index in [9.17, 15) is 0 Å². The average molecular weight is 129 g/mol. The van der Waals surface area contributed by atoms with Crippen LogP contribution in [0.15, 0.2) is 0 Å². The van der Waals surface area contributed by atoms with Crippen molar-refractivity contribution in [2.24, 2.45) is 0 Å². The van der Waals surface area contributed by atoms with Crippen molar-refractivity contribution in [3.63, 3.8) is 0 Å². The first-order valence-corrected chi connectivity index (χ1v) is 3.77. The summed E-state index contributed by atoms with van der Waals surface area (Å²) in [5, 5.41) is 8.82. The minimum atomic E-state index is -0.151. The molecule has 0 amide bonds. The van der Waals surface area contributed by atoms with Gasteiger partial charge in [-0.2, -0.15) is 0 Å². The summed E-state index contributed by atoms with van der Waals surface area (Å²) in [6, 6.07) is 0. The first-order chi connectivity index (χ1) is 4.27. The molecular formula is C8H17O. The van der Waals surface area contributed by atoms with E-state index in [0.29, 0.717) is 0 Å². The third-order valence-corrected chi connectivity index (χ3v) is 1.27. The van der Waals surface area contributed by atoms with Crippen LogP contribution < -0.4 is 0 Å². The van der Waals surface area contributed by atoms with Crippen LogP contribution in [-0.4, -0.2) is 11.2 Å². The minimum Gasteiger partial charge on any atom is -0.393 e. The normalized spacial score (nSPS) is 13.7. The molecule has 1 heteroatoms. The summed E-state index contributed by atoms with van der Waals surface area (Å²) in [5.74, 6) is 0. The van der Waals surface area contributed by atoms with Gasteiger partial charge >= 0.3 is 0 Å². The molecule has 0 saturated carbocycles. The lowest BCUT2D eigenvalue weighted by molar-refractivity contribution is 0.193. The molecular weight excluding hydrogens is 112 g/mol. The minimum absolute atomic E-state index is 0.151. The van der Waals surface area contributed by atoms with Gasteiger partial charge in [-0.3, -0.25) is 0 Å². The van der Waals surface area contributed by atoms with E-state index in [1.807, 2.05) is 6.92 Å². The molecule has 0 fully saturated rings. The fourth-order valence-electron chi connectivity index (χ4n) is 0.708. The van der Waals surface area contributed by atoms with Gasteiger partial charge in [-0.05, 0) is 19.8 Å². The lowest BCUT2D eigenvalue weighted by atomic mass is 10.1. The number of hydrogen-bond donors (Lipinski definition) is 1. The molecule has 0 heterocycles. The van der Waals surface area contributed by atoms with Crippen molar-refractivity contribution >= 4 is 0 Å². The van der Waals surface area contributed by atoms with Crippen LogP contribution in [0.5, 0.6) is 0 Å². The molecule has 9 heavy (non-hydrogen) atoms. The molecule has 0 aliphatic heterocycles. The van der Waals surface area contributed by atoms with E-state index in [1.165, 1.54) is 12.8 Å². The predicted molar refractivity (Wildman–Crippen MR) is 40.1 cm³/mol. The van der Waals surface area contributed by atoms with E-state index in [1.54, 1.807) is 0 Å². The number of unbranched alkanes of at least 4 members (excludes halogenated alkanes) is 3. The van der Waals surface area contributed by atoms with Crippen molar-refractivity contribution in [1.82, 2.24) is 0 Å². The highest BCUT2D eigenvalue weighted by Gasteiger charge is 1.93. The number of hydrogen-bond acceptors (Lipinski definition) is 1. The molecule has 1 nitrogen and oxygen atoms in total. The van der Waals surface area contributed by atoms with Crippen LogP contribution in [-0.2, 0) is 0 Å². The summed E-state index contributed by atoms with van der Waals surface area (Å²) in [6.07, 6.45) is 6.51. The lowest BCUT2D eigenvalue weighted by Crippen LogP contribution is -1.98. The highest BCUT2D eigenvalue weighted by molar-refractivity contribution is 4.66. The largest absolute Gasteiger partial charge is 0.393 e. The maximum absolute atomic E-state index is 8.82. The molecule has 0 bridgehead atoms. The third-order valence-electron chi connectivity index (χ3n) is 1.27. The van der Waals surface area contributed by atoms with E-state index in [0.717, 1.165) is 12.8 Å². The fraction of sp³-hybridized carbons (Fsp3) is 0.875. The van der Waals surface area contributed by atoms with E-state index >= 15 is 0 Å². The Morgan fingerprint density at radius 3 is 2.67 bits per heavy atom.